The van der Waals surface area contributed by atoms with Gasteiger partial charge in [-0.15, -0.1) is 11.8 Å². The molecule has 1 aliphatic rings. The molecule has 0 spiro atoms. The summed E-state index contributed by atoms with van der Waals surface area (Å²) >= 11 is 2.00. The van der Waals surface area contributed by atoms with Gasteiger partial charge in [-0.3, -0.25) is 0 Å². The summed E-state index contributed by atoms with van der Waals surface area (Å²) in [5.41, 5.74) is 0. The van der Waals surface area contributed by atoms with Gasteiger partial charge in [-0.05, 0) is 13.0 Å². The highest BCUT2D eigenvalue weighted by molar-refractivity contribution is 7.99. The van der Waals surface area contributed by atoms with E-state index >= 15 is 0 Å². The van der Waals surface area contributed by atoms with Crippen LogP contribution in [-0.4, -0.2) is 30.8 Å². The van der Waals surface area contributed by atoms with E-state index in [1.807, 2.05) is 11.8 Å². The lowest BCUT2D eigenvalue weighted by Crippen LogP contribution is -2.36. The van der Waals surface area contributed by atoms with E-state index in [0.29, 0.717) is 0 Å². The molecule has 0 bridgehead atoms. The fourth-order valence-electron chi connectivity index (χ4n) is 1.34. The highest BCUT2D eigenvalue weighted by Crippen LogP contribution is 2.08. The van der Waals surface area contributed by atoms with Crippen molar-refractivity contribution in [2.45, 2.75) is 32.2 Å². The first kappa shape index (κ1) is 10.4. The summed E-state index contributed by atoms with van der Waals surface area (Å²) in [5, 5.41) is 6.93. The van der Waals surface area contributed by atoms with Crippen LogP contribution in [0.1, 0.15) is 26.2 Å². The molecule has 0 saturated carbocycles. The minimum atomic E-state index is 0.719. The van der Waals surface area contributed by atoms with Crippen LogP contribution in [0, 0.1) is 0 Å². The molecule has 1 saturated heterocycles. The zero-order chi connectivity index (χ0) is 8.65. The van der Waals surface area contributed by atoms with Crippen LogP contribution in [0.25, 0.3) is 0 Å². The van der Waals surface area contributed by atoms with Gasteiger partial charge in [0, 0.05) is 24.2 Å². The molecule has 1 unspecified atom stereocenters. The van der Waals surface area contributed by atoms with Crippen molar-refractivity contribution in [3.8, 4) is 0 Å². The maximum Gasteiger partial charge on any atom is 0.0421 e. The molecular weight excluding hydrogens is 168 g/mol. The Hall–Kier alpha value is 0.270. The summed E-state index contributed by atoms with van der Waals surface area (Å²) in [6.07, 6.45) is 4.01. The van der Waals surface area contributed by atoms with Crippen molar-refractivity contribution in [3.63, 3.8) is 0 Å². The maximum atomic E-state index is 3.49. The largest absolute Gasteiger partial charge is 0.315 e. The molecule has 0 aromatic carbocycles. The predicted molar refractivity (Wildman–Crippen MR) is 56.6 cm³/mol. The second kappa shape index (κ2) is 6.75. The van der Waals surface area contributed by atoms with Gasteiger partial charge in [0.2, 0.25) is 0 Å². The number of hydrogen-bond donors (Lipinski definition) is 2. The van der Waals surface area contributed by atoms with Crippen molar-refractivity contribution < 1.29 is 0 Å². The second-order valence-corrected chi connectivity index (χ2v) is 4.36. The van der Waals surface area contributed by atoms with Crippen molar-refractivity contribution >= 4 is 11.8 Å². The number of rotatable bonds is 6. The Morgan fingerprint density at radius 2 is 2.42 bits per heavy atom. The molecule has 0 aromatic heterocycles. The molecule has 1 atom stereocenters. The number of thioether (sulfide) groups is 1. The molecule has 3 heteroatoms. The fraction of sp³-hybridized carbons (Fsp3) is 1.00. The van der Waals surface area contributed by atoms with Crippen LogP contribution in [0.2, 0.25) is 0 Å². The highest BCUT2D eigenvalue weighted by atomic mass is 32.2. The average molecular weight is 188 g/mol. The molecule has 1 heterocycles. The summed E-state index contributed by atoms with van der Waals surface area (Å²) < 4.78 is 0. The predicted octanol–water partition coefficient (Wildman–Crippen LogP) is 1.43. The molecule has 72 valence electrons. The van der Waals surface area contributed by atoms with Gasteiger partial charge in [0.1, 0.15) is 0 Å². The zero-order valence-corrected chi connectivity index (χ0v) is 8.75. The molecular formula is C9H20N2S. The Balaban J connectivity index is 1.81. The fourth-order valence-corrected chi connectivity index (χ4v) is 2.34. The normalized spacial score (nSPS) is 23.2. The number of hydrogen-bond acceptors (Lipinski definition) is 3. The lowest BCUT2D eigenvalue weighted by molar-refractivity contribution is 0.538. The van der Waals surface area contributed by atoms with E-state index in [1.165, 1.54) is 31.6 Å². The van der Waals surface area contributed by atoms with E-state index in [0.717, 1.165) is 18.5 Å². The third-order valence-corrected chi connectivity index (χ3v) is 3.15. The van der Waals surface area contributed by atoms with Crippen LogP contribution >= 0.6 is 11.8 Å². The molecule has 1 rings (SSSR count). The Morgan fingerprint density at radius 1 is 1.50 bits per heavy atom. The molecule has 0 radical (unpaired) electrons. The van der Waals surface area contributed by atoms with Gasteiger partial charge in [0.05, 0.1) is 0 Å². The Bertz CT molecular complexity index is 103. The van der Waals surface area contributed by atoms with Crippen molar-refractivity contribution in [1.29, 1.82) is 0 Å². The van der Waals surface area contributed by atoms with Crippen LogP contribution in [0.5, 0.6) is 0 Å². The van der Waals surface area contributed by atoms with E-state index in [2.05, 4.69) is 17.6 Å². The average Bonchev–Trinajstić information content (AvgIpc) is 2.57. The van der Waals surface area contributed by atoms with Crippen LogP contribution in [-0.2, 0) is 0 Å². The molecule has 2 nitrogen and oxygen atoms in total. The molecule has 0 aliphatic carbocycles. The smallest absolute Gasteiger partial charge is 0.0421 e. The van der Waals surface area contributed by atoms with Gasteiger partial charge in [-0.1, -0.05) is 19.8 Å². The lowest BCUT2D eigenvalue weighted by Gasteiger charge is -2.09. The van der Waals surface area contributed by atoms with Crippen molar-refractivity contribution in [2.75, 3.05) is 24.7 Å². The van der Waals surface area contributed by atoms with Gasteiger partial charge in [-0.25, -0.2) is 0 Å². The Kier molecular flexibility index (Phi) is 5.82. The van der Waals surface area contributed by atoms with E-state index < -0.39 is 0 Å². The van der Waals surface area contributed by atoms with Gasteiger partial charge >= 0.3 is 0 Å². The molecule has 2 N–H and O–H groups in total. The first-order chi connectivity index (χ1) is 5.93. The van der Waals surface area contributed by atoms with Crippen molar-refractivity contribution in [2.24, 2.45) is 0 Å². The van der Waals surface area contributed by atoms with E-state index in [9.17, 15) is 0 Å². The van der Waals surface area contributed by atoms with Gasteiger partial charge in [-0.2, -0.15) is 0 Å². The maximum absolute atomic E-state index is 3.49. The van der Waals surface area contributed by atoms with E-state index in [4.69, 9.17) is 0 Å². The molecule has 0 amide bonds. The van der Waals surface area contributed by atoms with Gasteiger partial charge < -0.3 is 10.6 Å². The molecule has 0 aromatic rings. The lowest BCUT2D eigenvalue weighted by atomic mass is 10.2. The van der Waals surface area contributed by atoms with Crippen LogP contribution < -0.4 is 10.6 Å². The summed E-state index contributed by atoms with van der Waals surface area (Å²) in [6, 6.07) is 0.719. The second-order valence-electron chi connectivity index (χ2n) is 3.33. The third kappa shape index (κ3) is 4.33. The minimum Gasteiger partial charge on any atom is -0.315 e. The van der Waals surface area contributed by atoms with Gasteiger partial charge in [0.15, 0.2) is 0 Å². The first-order valence-corrected chi connectivity index (χ1v) is 6.10. The first-order valence-electron chi connectivity index (χ1n) is 4.95. The number of unbranched alkanes of at least 4 members (excludes halogenated alkanes) is 2. The standard InChI is InChI=1S/C9H20N2S/c1-2-3-4-5-10-6-9-7-12-8-11-9/h9-11H,2-8H2,1H3. The SMILES string of the molecule is CCCCCNCC1CSCN1. The monoisotopic (exact) mass is 188 g/mol. The van der Waals surface area contributed by atoms with E-state index in [1.54, 1.807) is 0 Å². The van der Waals surface area contributed by atoms with Crippen LogP contribution in [0.15, 0.2) is 0 Å². The van der Waals surface area contributed by atoms with Crippen LogP contribution in [0.4, 0.5) is 0 Å². The van der Waals surface area contributed by atoms with Crippen molar-refractivity contribution in [3.05, 3.63) is 0 Å². The molecule has 1 fully saturated rings. The number of nitrogens with one attached hydrogen (secondary N) is 2. The minimum absolute atomic E-state index is 0.719. The van der Waals surface area contributed by atoms with E-state index in [-0.39, 0.29) is 0 Å². The Morgan fingerprint density at radius 3 is 3.08 bits per heavy atom. The summed E-state index contributed by atoms with van der Waals surface area (Å²) in [7, 11) is 0. The highest BCUT2D eigenvalue weighted by Gasteiger charge is 2.12. The third-order valence-electron chi connectivity index (χ3n) is 2.14. The quantitative estimate of drug-likeness (QED) is 0.617. The summed E-state index contributed by atoms with van der Waals surface area (Å²) in [5.74, 6) is 2.42. The van der Waals surface area contributed by atoms with Crippen LogP contribution in [0.3, 0.4) is 0 Å². The molecule has 12 heavy (non-hydrogen) atoms. The van der Waals surface area contributed by atoms with Gasteiger partial charge in [0.25, 0.3) is 0 Å². The zero-order valence-electron chi connectivity index (χ0n) is 7.94. The Labute approximate surface area is 79.9 Å². The molecule has 1 aliphatic heterocycles. The summed E-state index contributed by atoms with van der Waals surface area (Å²) in [4.78, 5) is 0. The van der Waals surface area contributed by atoms with Crippen molar-refractivity contribution in [1.82, 2.24) is 10.6 Å². The topological polar surface area (TPSA) is 24.1 Å². The summed E-state index contributed by atoms with van der Waals surface area (Å²) in [6.45, 7) is 4.59.